The third-order valence-corrected chi connectivity index (χ3v) is 4.97. The molecule has 28 heavy (non-hydrogen) atoms. The molecule has 1 aliphatic heterocycles. The van der Waals surface area contributed by atoms with Gasteiger partial charge in [0.05, 0.1) is 20.0 Å². The standard InChI is InChI=1S/C20H24N4O4/c1-4-10-24-17(25)16-15(18(26)28-3)22-13-23(16)12-20(24,2)19(27)21-11-14-8-6-5-7-9-14/h5-9,13H,4,10-12H2,1-3H3,(H,21,27)/t20-/m1/s1. The van der Waals surface area contributed by atoms with Crippen molar-refractivity contribution in [3.05, 3.63) is 53.6 Å². The molecule has 0 radical (unpaired) electrons. The van der Waals surface area contributed by atoms with E-state index in [9.17, 15) is 14.4 Å². The van der Waals surface area contributed by atoms with Crippen molar-refractivity contribution in [3.8, 4) is 0 Å². The lowest BCUT2D eigenvalue weighted by Crippen LogP contribution is -2.64. The Morgan fingerprint density at radius 2 is 2.00 bits per heavy atom. The maximum absolute atomic E-state index is 13.2. The van der Waals surface area contributed by atoms with Crippen LogP contribution in [0.15, 0.2) is 36.7 Å². The fourth-order valence-corrected chi connectivity index (χ4v) is 3.48. The topological polar surface area (TPSA) is 93.5 Å². The van der Waals surface area contributed by atoms with Gasteiger partial charge in [-0.25, -0.2) is 9.78 Å². The Bertz CT molecular complexity index is 893. The van der Waals surface area contributed by atoms with Gasteiger partial charge in [0.25, 0.3) is 5.91 Å². The normalized spacial score (nSPS) is 18.5. The highest BCUT2D eigenvalue weighted by atomic mass is 16.5. The van der Waals surface area contributed by atoms with Crippen LogP contribution in [0.4, 0.5) is 0 Å². The number of amides is 2. The zero-order chi connectivity index (χ0) is 20.3. The summed E-state index contributed by atoms with van der Waals surface area (Å²) in [6.45, 7) is 4.64. The average Bonchev–Trinajstić information content (AvgIpc) is 3.13. The van der Waals surface area contributed by atoms with E-state index in [1.807, 2.05) is 37.3 Å². The van der Waals surface area contributed by atoms with Gasteiger partial charge in [0, 0.05) is 13.1 Å². The maximum atomic E-state index is 13.2. The molecule has 0 spiro atoms. The van der Waals surface area contributed by atoms with E-state index in [0.717, 1.165) is 5.56 Å². The fraction of sp³-hybridized carbons (Fsp3) is 0.400. The molecule has 8 heteroatoms. The first-order chi connectivity index (χ1) is 13.4. The molecule has 1 atom stereocenters. The van der Waals surface area contributed by atoms with Gasteiger partial charge < -0.3 is 19.5 Å². The molecule has 2 amide bonds. The molecule has 0 saturated heterocycles. The summed E-state index contributed by atoms with van der Waals surface area (Å²) in [5, 5.41) is 2.93. The highest BCUT2D eigenvalue weighted by molar-refractivity contribution is 6.06. The van der Waals surface area contributed by atoms with Crippen LogP contribution < -0.4 is 5.32 Å². The zero-order valence-electron chi connectivity index (χ0n) is 16.3. The molecule has 1 aliphatic rings. The molecular formula is C20H24N4O4. The van der Waals surface area contributed by atoms with Crippen LogP contribution in [-0.4, -0.2) is 51.4 Å². The molecule has 0 unspecified atom stereocenters. The van der Waals surface area contributed by atoms with Crippen molar-refractivity contribution < 1.29 is 19.1 Å². The van der Waals surface area contributed by atoms with Gasteiger partial charge in [-0.1, -0.05) is 37.3 Å². The summed E-state index contributed by atoms with van der Waals surface area (Å²) in [7, 11) is 1.24. The number of ether oxygens (including phenoxy) is 1. The number of rotatable bonds is 6. The van der Waals surface area contributed by atoms with E-state index in [4.69, 9.17) is 4.74 Å². The van der Waals surface area contributed by atoms with Crippen LogP contribution in [0, 0.1) is 0 Å². The van der Waals surface area contributed by atoms with E-state index < -0.39 is 17.4 Å². The van der Waals surface area contributed by atoms with Gasteiger partial charge in [0.1, 0.15) is 11.2 Å². The average molecular weight is 384 g/mol. The lowest BCUT2D eigenvalue weighted by molar-refractivity contribution is -0.133. The monoisotopic (exact) mass is 384 g/mol. The molecule has 0 aliphatic carbocycles. The van der Waals surface area contributed by atoms with E-state index in [-0.39, 0.29) is 23.8 Å². The van der Waals surface area contributed by atoms with Gasteiger partial charge in [0.2, 0.25) is 5.91 Å². The second-order valence-corrected chi connectivity index (χ2v) is 6.96. The number of benzene rings is 1. The Morgan fingerprint density at radius 3 is 2.64 bits per heavy atom. The number of imidazole rings is 1. The largest absolute Gasteiger partial charge is 0.464 e. The first kappa shape index (κ1) is 19.6. The number of aromatic nitrogens is 2. The molecule has 3 rings (SSSR count). The number of carbonyl (C=O) groups is 3. The number of methoxy groups -OCH3 is 1. The lowest BCUT2D eigenvalue weighted by atomic mass is 9.94. The minimum Gasteiger partial charge on any atom is -0.464 e. The second-order valence-electron chi connectivity index (χ2n) is 6.96. The molecule has 2 heterocycles. The number of hydrogen-bond donors (Lipinski definition) is 1. The van der Waals surface area contributed by atoms with Crippen LogP contribution in [0.2, 0.25) is 0 Å². The molecule has 148 valence electrons. The molecular weight excluding hydrogens is 360 g/mol. The Balaban J connectivity index is 1.90. The van der Waals surface area contributed by atoms with Gasteiger partial charge in [-0.05, 0) is 18.9 Å². The maximum Gasteiger partial charge on any atom is 0.359 e. The quantitative estimate of drug-likeness (QED) is 0.764. The molecule has 0 saturated carbocycles. The zero-order valence-corrected chi connectivity index (χ0v) is 16.3. The summed E-state index contributed by atoms with van der Waals surface area (Å²) in [6.07, 6.45) is 2.08. The molecule has 8 nitrogen and oxygen atoms in total. The lowest BCUT2D eigenvalue weighted by Gasteiger charge is -2.43. The molecule has 1 aromatic carbocycles. The number of nitrogens with zero attached hydrogens (tertiary/aromatic N) is 3. The third kappa shape index (κ3) is 3.37. The molecule has 0 bridgehead atoms. The van der Waals surface area contributed by atoms with E-state index in [1.54, 1.807) is 11.5 Å². The van der Waals surface area contributed by atoms with E-state index in [1.165, 1.54) is 18.3 Å². The van der Waals surface area contributed by atoms with Gasteiger partial charge >= 0.3 is 5.97 Å². The van der Waals surface area contributed by atoms with E-state index in [2.05, 4.69) is 10.3 Å². The summed E-state index contributed by atoms with van der Waals surface area (Å²) >= 11 is 0. The minimum atomic E-state index is -1.09. The summed E-state index contributed by atoms with van der Waals surface area (Å²) in [4.78, 5) is 43.8. The van der Waals surface area contributed by atoms with E-state index >= 15 is 0 Å². The first-order valence-electron chi connectivity index (χ1n) is 9.20. The molecule has 1 aromatic heterocycles. The summed E-state index contributed by atoms with van der Waals surface area (Å²) in [6, 6.07) is 9.57. The van der Waals surface area contributed by atoms with Crippen molar-refractivity contribution in [2.75, 3.05) is 13.7 Å². The van der Waals surface area contributed by atoms with Crippen LogP contribution in [-0.2, 0) is 22.6 Å². The van der Waals surface area contributed by atoms with Crippen LogP contribution in [0.5, 0.6) is 0 Å². The Morgan fingerprint density at radius 1 is 1.29 bits per heavy atom. The van der Waals surface area contributed by atoms with Crippen molar-refractivity contribution in [2.45, 2.75) is 38.9 Å². The third-order valence-electron chi connectivity index (χ3n) is 4.97. The molecule has 1 N–H and O–H groups in total. The van der Waals surface area contributed by atoms with Crippen molar-refractivity contribution in [2.24, 2.45) is 0 Å². The van der Waals surface area contributed by atoms with Crippen LogP contribution in [0.3, 0.4) is 0 Å². The van der Waals surface area contributed by atoms with E-state index in [0.29, 0.717) is 19.5 Å². The smallest absolute Gasteiger partial charge is 0.359 e. The molecule has 0 fully saturated rings. The van der Waals surface area contributed by atoms with Gasteiger partial charge in [-0.3, -0.25) is 9.59 Å². The Kier molecular flexibility index (Phi) is 5.48. The van der Waals surface area contributed by atoms with Gasteiger partial charge in [-0.15, -0.1) is 0 Å². The fourth-order valence-electron chi connectivity index (χ4n) is 3.48. The first-order valence-corrected chi connectivity index (χ1v) is 9.20. The number of esters is 1. The predicted octanol–water partition coefficient (Wildman–Crippen LogP) is 1.61. The summed E-state index contributed by atoms with van der Waals surface area (Å²) in [5.41, 5.74) is 0.0112. The van der Waals surface area contributed by atoms with Crippen LogP contribution >= 0.6 is 0 Å². The van der Waals surface area contributed by atoms with Gasteiger partial charge in [0.15, 0.2) is 5.69 Å². The Labute approximate surface area is 163 Å². The van der Waals surface area contributed by atoms with Crippen molar-refractivity contribution in [3.63, 3.8) is 0 Å². The van der Waals surface area contributed by atoms with Crippen LogP contribution in [0.25, 0.3) is 0 Å². The Hall–Kier alpha value is -3.16. The SMILES string of the molecule is CCCN1C(=O)c2c(C(=O)OC)ncn2C[C@]1(C)C(=O)NCc1ccccc1. The summed E-state index contributed by atoms with van der Waals surface area (Å²) in [5.74, 6) is -1.32. The van der Waals surface area contributed by atoms with Crippen molar-refractivity contribution in [1.29, 1.82) is 0 Å². The number of carbonyl (C=O) groups excluding carboxylic acids is 3. The second kappa shape index (κ2) is 7.84. The van der Waals surface area contributed by atoms with Crippen molar-refractivity contribution in [1.82, 2.24) is 19.8 Å². The highest BCUT2D eigenvalue weighted by Gasteiger charge is 2.48. The number of fused-ring (bicyclic) bond motifs is 1. The number of hydrogen-bond acceptors (Lipinski definition) is 5. The minimum absolute atomic E-state index is 0.0275. The number of nitrogens with one attached hydrogen (secondary N) is 1. The predicted molar refractivity (Wildman–Crippen MR) is 102 cm³/mol. The van der Waals surface area contributed by atoms with Crippen molar-refractivity contribution >= 4 is 17.8 Å². The van der Waals surface area contributed by atoms with Crippen LogP contribution in [0.1, 0.15) is 46.8 Å². The molecule has 2 aromatic rings. The summed E-state index contributed by atoms with van der Waals surface area (Å²) < 4.78 is 6.28. The van der Waals surface area contributed by atoms with Gasteiger partial charge in [-0.2, -0.15) is 0 Å². The highest BCUT2D eigenvalue weighted by Crippen LogP contribution is 2.29.